The molecular weight excluding hydrogens is 312 g/mol. The molecule has 0 radical (unpaired) electrons. The molecule has 1 unspecified atom stereocenters. The fourth-order valence-electron chi connectivity index (χ4n) is 3.97. The quantitative estimate of drug-likeness (QED) is 0.297. The summed E-state index contributed by atoms with van der Waals surface area (Å²) in [5, 5.41) is 2.74. The van der Waals surface area contributed by atoms with E-state index in [2.05, 4.69) is 56.3 Å². The van der Waals surface area contributed by atoms with Crippen LogP contribution in [-0.2, 0) is 0 Å². The van der Waals surface area contributed by atoms with Gasteiger partial charge in [-0.15, -0.1) is 0 Å². The highest BCUT2D eigenvalue weighted by molar-refractivity contribution is 5.83. The maximum absolute atomic E-state index is 2.39. The molecule has 0 bridgehead atoms. The van der Waals surface area contributed by atoms with Gasteiger partial charge in [-0.3, -0.25) is 0 Å². The summed E-state index contributed by atoms with van der Waals surface area (Å²) in [5.74, 6) is 0.683. The first-order chi connectivity index (χ1) is 12.8. The van der Waals surface area contributed by atoms with Gasteiger partial charge >= 0.3 is 0 Å². The van der Waals surface area contributed by atoms with Gasteiger partial charge in [0.15, 0.2) is 0 Å². The normalized spacial score (nSPS) is 12.5. The summed E-state index contributed by atoms with van der Waals surface area (Å²) in [6.45, 7) is 4.69. The van der Waals surface area contributed by atoms with Crippen LogP contribution in [0.1, 0.15) is 109 Å². The lowest BCUT2D eigenvalue weighted by Crippen LogP contribution is -1.94. The molecule has 0 saturated carbocycles. The van der Waals surface area contributed by atoms with Crippen LogP contribution in [-0.4, -0.2) is 0 Å². The smallest absolute Gasteiger partial charge is 0.0181 e. The van der Waals surface area contributed by atoms with Gasteiger partial charge in [0.05, 0.1) is 0 Å². The van der Waals surface area contributed by atoms with Gasteiger partial charge in [0.2, 0.25) is 0 Å². The SMILES string of the molecule is CCCCCCCCCCCCCCC(C)c1ccc2ccccc2c1. The Kier molecular flexibility index (Phi) is 10.5. The largest absolute Gasteiger partial charge is 0.0654 e. The topological polar surface area (TPSA) is 0 Å². The Labute approximate surface area is 162 Å². The number of rotatable bonds is 14. The Hall–Kier alpha value is -1.30. The Balaban J connectivity index is 1.50. The summed E-state index contributed by atoms with van der Waals surface area (Å²) in [5.41, 5.74) is 1.51. The summed E-state index contributed by atoms with van der Waals surface area (Å²) in [6, 6.07) is 15.7. The van der Waals surface area contributed by atoms with E-state index in [4.69, 9.17) is 0 Å². The minimum absolute atomic E-state index is 0.683. The van der Waals surface area contributed by atoms with Crippen LogP contribution in [0.4, 0.5) is 0 Å². The maximum atomic E-state index is 2.39. The van der Waals surface area contributed by atoms with Gasteiger partial charge in [-0.2, -0.15) is 0 Å². The van der Waals surface area contributed by atoms with Crippen molar-refractivity contribution < 1.29 is 0 Å². The molecule has 2 rings (SSSR count). The summed E-state index contributed by atoms with van der Waals surface area (Å²) in [6.07, 6.45) is 18.5. The second-order valence-electron chi connectivity index (χ2n) is 8.19. The van der Waals surface area contributed by atoms with Crippen LogP contribution in [0.3, 0.4) is 0 Å². The van der Waals surface area contributed by atoms with Crippen LogP contribution in [0.15, 0.2) is 42.5 Å². The Bertz CT molecular complexity index is 598. The van der Waals surface area contributed by atoms with Crippen molar-refractivity contribution in [2.75, 3.05) is 0 Å². The van der Waals surface area contributed by atoms with Crippen LogP contribution < -0.4 is 0 Å². The van der Waals surface area contributed by atoms with E-state index in [0.717, 1.165) is 0 Å². The molecule has 0 spiro atoms. The molecule has 144 valence electrons. The minimum Gasteiger partial charge on any atom is -0.0654 e. The zero-order valence-corrected chi connectivity index (χ0v) is 17.3. The van der Waals surface area contributed by atoms with Crippen molar-refractivity contribution in [1.82, 2.24) is 0 Å². The first-order valence-electron chi connectivity index (χ1n) is 11.3. The fraction of sp³-hybridized carbons (Fsp3) is 0.615. The van der Waals surface area contributed by atoms with Crippen molar-refractivity contribution in [1.29, 1.82) is 0 Å². The molecule has 0 nitrogen and oxygen atoms in total. The van der Waals surface area contributed by atoms with E-state index in [0.29, 0.717) is 5.92 Å². The molecule has 1 atom stereocenters. The molecule has 0 aliphatic carbocycles. The Morgan fingerprint density at radius 1 is 0.615 bits per heavy atom. The average molecular weight is 353 g/mol. The zero-order chi connectivity index (χ0) is 18.5. The van der Waals surface area contributed by atoms with Gasteiger partial charge in [0.25, 0.3) is 0 Å². The highest BCUT2D eigenvalue weighted by Gasteiger charge is 2.06. The second-order valence-corrected chi connectivity index (χ2v) is 8.19. The van der Waals surface area contributed by atoms with E-state index in [1.165, 1.54) is 99.8 Å². The van der Waals surface area contributed by atoms with Gasteiger partial charge in [0.1, 0.15) is 0 Å². The zero-order valence-electron chi connectivity index (χ0n) is 17.3. The van der Waals surface area contributed by atoms with Gasteiger partial charge in [0, 0.05) is 0 Å². The molecule has 0 aliphatic heterocycles. The van der Waals surface area contributed by atoms with Gasteiger partial charge in [-0.25, -0.2) is 0 Å². The highest BCUT2D eigenvalue weighted by atomic mass is 14.1. The first kappa shape index (κ1) is 21.0. The second kappa shape index (κ2) is 13.0. The third kappa shape index (κ3) is 7.94. The summed E-state index contributed by atoms with van der Waals surface area (Å²) < 4.78 is 0. The van der Waals surface area contributed by atoms with Crippen LogP contribution in [0, 0.1) is 0 Å². The van der Waals surface area contributed by atoms with Crippen LogP contribution in [0.5, 0.6) is 0 Å². The summed E-state index contributed by atoms with van der Waals surface area (Å²) >= 11 is 0. The van der Waals surface area contributed by atoms with Crippen LogP contribution >= 0.6 is 0 Å². The standard InChI is InChI=1S/C26H40/c1-3-4-5-6-7-8-9-10-11-12-13-14-17-23(2)25-21-20-24-18-15-16-19-26(24)22-25/h15-16,18-23H,3-14,17H2,1-2H3. The molecule has 0 heterocycles. The van der Waals surface area contributed by atoms with Gasteiger partial charge in [-0.1, -0.05) is 133 Å². The number of unbranched alkanes of at least 4 members (excludes halogenated alkanes) is 11. The fourth-order valence-corrected chi connectivity index (χ4v) is 3.97. The Morgan fingerprint density at radius 2 is 1.15 bits per heavy atom. The van der Waals surface area contributed by atoms with E-state index in [9.17, 15) is 0 Å². The molecule has 2 aromatic rings. The van der Waals surface area contributed by atoms with E-state index in [-0.39, 0.29) is 0 Å². The molecular formula is C26H40. The molecule has 0 saturated heterocycles. The minimum atomic E-state index is 0.683. The Morgan fingerprint density at radius 3 is 1.77 bits per heavy atom. The van der Waals surface area contributed by atoms with Gasteiger partial charge < -0.3 is 0 Å². The third-order valence-electron chi connectivity index (χ3n) is 5.83. The lowest BCUT2D eigenvalue weighted by atomic mass is 9.93. The average Bonchev–Trinajstić information content (AvgIpc) is 2.68. The van der Waals surface area contributed by atoms with Crippen LogP contribution in [0.2, 0.25) is 0 Å². The number of benzene rings is 2. The van der Waals surface area contributed by atoms with Crippen molar-refractivity contribution in [3.63, 3.8) is 0 Å². The number of hydrogen-bond donors (Lipinski definition) is 0. The molecule has 0 N–H and O–H groups in total. The van der Waals surface area contributed by atoms with E-state index in [1.54, 1.807) is 0 Å². The summed E-state index contributed by atoms with van der Waals surface area (Å²) in [4.78, 5) is 0. The van der Waals surface area contributed by atoms with Crippen molar-refractivity contribution in [2.24, 2.45) is 0 Å². The lowest BCUT2D eigenvalue weighted by Gasteiger charge is -2.13. The molecule has 0 fully saturated rings. The van der Waals surface area contributed by atoms with Crippen molar-refractivity contribution in [3.05, 3.63) is 48.0 Å². The predicted octanol–water partition coefficient (Wildman–Crippen LogP) is 9.03. The van der Waals surface area contributed by atoms with Crippen molar-refractivity contribution >= 4 is 10.8 Å². The third-order valence-corrected chi connectivity index (χ3v) is 5.83. The maximum Gasteiger partial charge on any atom is -0.0181 e. The molecule has 2 aromatic carbocycles. The molecule has 0 aliphatic rings. The molecule has 0 aromatic heterocycles. The first-order valence-corrected chi connectivity index (χ1v) is 11.3. The molecule has 0 heteroatoms. The van der Waals surface area contributed by atoms with E-state index in [1.807, 2.05) is 0 Å². The molecule has 26 heavy (non-hydrogen) atoms. The number of fused-ring (bicyclic) bond motifs is 1. The highest BCUT2D eigenvalue weighted by Crippen LogP contribution is 2.26. The molecule has 0 amide bonds. The summed E-state index contributed by atoms with van der Waals surface area (Å²) in [7, 11) is 0. The lowest BCUT2D eigenvalue weighted by molar-refractivity contribution is 0.529. The van der Waals surface area contributed by atoms with E-state index < -0.39 is 0 Å². The van der Waals surface area contributed by atoms with Crippen molar-refractivity contribution in [3.8, 4) is 0 Å². The van der Waals surface area contributed by atoms with Crippen LogP contribution in [0.25, 0.3) is 10.8 Å². The monoisotopic (exact) mass is 352 g/mol. The predicted molar refractivity (Wildman–Crippen MR) is 118 cm³/mol. The number of hydrogen-bond acceptors (Lipinski definition) is 0. The van der Waals surface area contributed by atoms with E-state index >= 15 is 0 Å². The van der Waals surface area contributed by atoms with Crippen molar-refractivity contribution in [2.45, 2.75) is 103 Å². The van der Waals surface area contributed by atoms with Gasteiger partial charge in [-0.05, 0) is 28.7 Å².